The zero-order chi connectivity index (χ0) is 7.28. The number of carboxylic acids is 1. The van der Waals surface area contributed by atoms with Crippen LogP contribution in [-0.4, -0.2) is 29.5 Å². The lowest BCUT2D eigenvalue weighted by Crippen LogP contribution is -2.13. The average Bonchev–Trinajstić information content (AvgIpc) is 1.83. The summed E-state index contributed by atoms with van der Waals surface area (Å²) >= 11 is 4.97. The maximum absolute atomic E-state index is 10.1. The number of carbonyl (C=O) groups is 2. The van der Waals surface area contributed by atoms with Gasteiger partial charge in [0.05, 0.1) is 0 Å². The van der Waals surface area contributed by atoms with Gasteiger partial charge in [-0.3, -0.25) is 4.79 Å². The van der Waals surface area contributed by atoms with Gasteiger partial charge in [0, 0.05) is 0 Å². The van der Waals surface area contributed by atoms with Crippen molar-refractivity contribution in [2.75, 3.05) is 12.5 Å². The molecule has 9 heavy (non-hydrogen) atoms. The quantitative estimate of drug-likeness (QED) is 0.451. The van der Waals surface area contributed by atoms with E-state index in [4.69, 9.17) is 16.7 Å². The van der Waals surface area contributed by atoms with Crippen LogP contribution in [0.15, 0.2) is 0 Å². The molecule has 0 spiro atoms. The molecule has 0 aliphatic heterocycles. The first kappa shape index (κ1) is 8.23. The highest BCUT2D eigenvalue weighted by molar-refractivity contribution is 6.26. The molecule has 0 unspecified atom stereocenters. The highest BCUT2D eigenvalue weighted by Gasteiger charge is 2.01. The summed E-state index contributed by atoms with van der Waals surface area (Å²) < 4.78 is 4.08. The molecule has 1 N–H and O–H groups in total. The molecule has 0 aliphatic rings. The fourth-order valence-corrected chi connectivity index (χ4v) is 0.258. The van der Waals surface area contributed by atoms with Crippen LogP contribution in [0.25, 0.3) is 0 Å². The van der Waals surface area contributed by atoms with Gasteiger partial charge in [0.2, 0.25) is 0 Å². The molecule has 0 aromatic rings. The summed E-state index contributed by atoms with van der Waals surface area (Å²) in [5.41, 5.74) is 0. The Morgan fingerprint density at radius 1 is 1.56 bits per heavy atom. The van der Waals surface area contributed by atoms with Crippen molar-refractivity contribution in [3.05, 3.63) is 0 Å². The largest absolute Gasteiger partial charge is 0.479 e. The summed E-state index contributed by atoms with van der Waals surface area (Å²) in [5.74, 6) is -2.22. The Hall–Kier alpha value is -0.770. The van der Waals surface area contributed by atoms with E-state index in [0.717, 1.165) is 0 Å². The lowest BCUT2D eigenvalue weighted by atomic mass is 10.7. The zero-order valence-electron chi connectivity index (χ0n) is 4.46. The van der Waals surface area contributed by atoms with Gasteiger partial charge >= 0.3 is 11.9 Å². The van der Waals surface area contributed by atoms with Crippen molar-refractivity contribution in [3.63, 3.8) is 0 Å². The Morgan fingerprint density at radius 3 is 2.44 bits per heavy atom. The molecular weight excluding hydrogens is 147 g/mol. The van der Waals surface area contributed by atoms with Crippen molar-refractivity contribution in [1.82, 2.24) is 0 Å². The summed E-state index contributed by atoms with van der Waals surface area (Å²) in [6.07, 6.45) is 0. The number of hydrogen-bond donors (Lipinski definition) is 1. The molecule has 0 amide bonds. The highest BCUT2D eigenvalue weighted by Crippen LogP contribution is 1.81. The Balaban J connectivity index is 3.28. The van der Waals surface area contributed by atoms with Crippen LogP contribution in [0, 0.1) is 0 Å². The molecule has 0 aromatic carbocycles. The molecule has 0 rings (SSSR count). The molecular formula is C4H5ClO4. The minimum Gasteiger partial charge on any atom is -0.479 e. The minimum absolute atomic E-state index is 0.312. The number of rotatable bonds is 3. The van der Waals surface area contributed by atoms with Crippen LogP contribution in [-0.2, 0) is 14.3 Å². The molecule has 0 bridgehead atoms. The minimum atomic E-state index is -1.19. The zero-order valence-corrected chi connectivity index (χ0v) is 5.22. The number of halogens is 1. The molecule has 5 heteroatoms. The molecule has 0 aliphatic carbocycles. The molecule has 0 atom stereocenters. The van der Waals surface area contributed by atoms with E-state index in [-0.39, 0.29) is 5.88 Å². The number of hydrogen-bond acceptors (Lipinski definition) is 3. The van der Waals surface area contributed by atoms with Crippen molar-refractivity contribution in [2.24, 2.45) is 0 Å². The molecule has 0 saturated heterocycles. The Morgan fingerprint density at radius 2 is 2.11 bits per heavy atom. The summed E-state index contributed by atoms with van der Waals surface area (Å²) in [7, 11) is 0. The average molecular weight is 153 g/mol. The van der Waals surface area contributed by atoms with E-state index < -0.39 is 18.5 Å². The SMILES string of the molecule is O=C(O)COC(=O)CCl. The van der Waals surface area contributed by atoms with Gasteiger partial charge in [-0.15, -0.1) is 11.6 Å². The predicted octanol–water partition coefficient (Wildman–Crippen LogP) is -0.147. The summed E-state index contributed by atoms with van der Waals surface area (Å²) in [4.78, 5) is 19.8. The van der Waals surface area contributed by atoms with E-state index in [1.54, 1.807) is 0 Å². The van der Waals surface area contributed by atoms with E-state index in [1.807, 2.05) is 0 Å². The molecule has 0 radical (unpaired) electrons. The number of esters is 1. The Bertz CT molecular complexity index is 122. The van der Waals surface area contributed by atoms with Crippen molar-refractivity contribution < 1.29 is 19.4 Å². The second kappa shape index (κ2) is 4.14. The van der Waals surface area contributed by atoms with Crippen LogP contribution in [0.5, 0.6) is 0 Å². The maximum atomic E-state index is 10.1. The molecule has 4 nitrogen and oxygen atoms in total. The number of alkyl halides is 1. The third kappa shape index (κ3) is 5.10. The van der Waals surface area contributed by atoms with Crippen LogP contribution in [0.1, 0.15) is 0 Å². The smallest absolute Gasteiger partial charge is 0.341 e. The maximum Gasteiger partial charge on any atom is 0.341 e. The third-order valence-corrected chi connectivity index (χ3v) is 0.684. The predicted molar refractivity (Wildman–Crippen MR) is 29.3 cm³/mol. The van der Waals surface area contributed by atoms with Gasteiger partial charge in [-0.1, -0.05) is 0 Å². The second-order valence-corrected chi connectivity index (χ2v) is 1.46. The van der Waals surface area contributed by atoms with Gasteiger partial charge in [-0.25, -0.2) is 4.79 Å². The van der Waals surface area contributed by atoms with Gasteiger partial charge in [0.15, 0.2) is 6.61 Å². The van der Waals surface area contributed by atoms with Crippen LogP contribution < -0.4 is 0 Å². The first-order valence-electron chi connectivity index (χ1n) is 2.10. The van der Waals surface area contributed by atoms with E-state index in [2.05, 4.69) is 4.74 Å². The first-order chi connectivity index (χ1) is 4.16. The van der Waals surface area contributed by atoms with Crippen molar-refractivity contribution in [3.8, 4) is 0 Å². The Kier molecular flexibility index (Phi) is 3.79. The Labute approximate surface area is 56.4 Å². The van der Waals surface area contributed by atoms with Gasteiger partial charge in [0.1, 0.15) is 5.88 Å². The monoisotopic (exact) mass is 152 g/mol. The van der Waals surface area contributed by atoms with E-state index in [1.165, 1.54) is 0 Å². The molecule has 0 fully saturated rings. The van der Waals surface area contributed by atoms with Gasteiger partial charge in [-0.2, -0.15) is 0 Å². The highest BCUT2D eigenvalue weighted by atomic mass is 35.5. The molecule has 0 heterocycles. The van der Waals surface area contributed by atoms with Crippen LogP contribution in [0.2, 0.25) is 0 Å². The lowest BCUT2D eigenvalue weighted by molar-refractivity contribution is -0.153. The molecule has 52 valence electrons. The topological polar surface area (TPSA) is 63.6 Å². The van der Waals surface area contributed by atoms with E-state index in [9.17, 15) is 9.59 Å². The fraction of sp³-hybridized carbons (Fsp3) is 0.500. The summed E-state index contributed by atoms with van der Waals surface area (Å²) in [6, 6.07) is 0. The van der Waals surface area contributed by atoms with Crippen molar-refractivity contribution in [2.45, 2.75) is 0 Å². The van der Waals surface area contributed by atoms with E-state index >= 15 is 0 Å². The van der Waals surface area contributed by atoms with E-state index in [0.29, 0.717) is 0 Å². The number of carboxylic acid groups (broad SMARTS) is 1. The van der Waals surface area contributed by atoms with Crippen LogP contribution in [0.4, 0.5) is 0 Å². The van der Waals surface area contributed by atoms with Gasteiger partial charge in [-0.05, 0) is 0 Å². The molecule has 0 aromatic heterocycles. The van der Waals surface area contributed by atoms with Gasteiger partial charge in [0.25, 0.3) is 0 Å². The second-order valence-electron chi connectivity index (χ2n) is 1.19. The molecule has 0 saturated carbocycles. The summed E-state index contributed by atoms with van der Waals surface area (Å²) in [6.45, 7) is -0.619. The first-order valence-corrected chi connectivity index (χ1v) is 2.63. The fourth-order valence-electron chi connectivity index (χ4n) is 0.181. The van der Waals surface area contributed by atoms with Crippen molar-refractivity contribution in [1.29, 1.82) is 0 Å². The van der Waals surface area contributed by atoms with Crippen LogP contribution in [0.3, 0.4) is 0 Å². The lowest BCUT2D eigenvalue weighted by Gasteiger charge is -1.94. The summed E-state index contributed by atoms with van der Waals surface area (Å²) in [5, 5.41) is 7.94. The standard InChI is InChI=1S/C4H5ClO4/c5-1-4(8)9-2-3(6)7/h1-2H2,(H,6,7). The normalized spacial score (nSPS) is 8.56. The number of carbonyl (C=O) groups excluding carboxylic acids is 1. The van der Waals surface area contributed by atoms with Crippen LogP contribution >= 0.6 is 11.6 Å². The van der Waals surface area contributed by atoms with Gasteiger partial charge < -0.3 is 9.84 Å². The van der Waals surface area contributed by atoms with Crippen molar-refractivity contribution >= 4 is 23.5 Å². The number of aliphatic carboxylic acids is 1. The third-order valence-electron chi connectivity index (χ3n) is 0.466. The number of ether oxygens (including phenoxy) is 1.